The second-order valence-corrected chi connectivity index (χ2v) is 5.60. The second kappa shape index (κ2) is 6.67. The summed E-state index contributed by atoms with van der Waals surface area (Å²) >= 11 is 0. The van der Waals surface area contributed by atoms with Crippen LogP contribution >= 0.6 is 0 Å². The summed E-state index contributed by atoms with van der Waals surface area (Å²) in [6.45, 7) is 3.69. The molecule has 6 heteroatoms. The van der Waals surface area contributed by atoms with Gasteiger partial charge in [0.15, 0.2) is 11.6 Å². The van der Waals surface area contributed by atoms with Crippen molar-refractivity contribution < 1.29 is 26.7 Å². The summed E-state index contributed by atoms with van der Waals surface area (Å²) in [6, 6.07) is 1.89. The van der Waals surface area contributed by atoms with Crippen LogP contribution in [0, 0.1) is 17.6 Å². The summed E-state index contributed by atoms with van der Waals surface area (Å²) in [4.78, 5) is 0. The van der Waals surface area contributed by atoms with E-state index in [1.54, 1.807) is 0 Å². The largest absolute Gasteiger partial charge is 0.573 e. The normalized spacial score (nSPS) is 22.4. The van der Waals surface area contributed by atoms with Crippen LogP contribution in [0.5, 0.6) is 5.75 Å². The lowest BCUT2D eigenvalue weighted by Gasteiger charge is -2.28. The van der Waals surface area contributed by atoms with Crippen molar-refractivity contribution in [1.29, 1.82) is 0 Å². The first-order chi connectivity index (χ1) is 10.3. The number of hydrogen-bond acceptors (Lipinski definition) is 1. The van der Waals surface area contributed by atoms with Crippen molar-refractivity contribution in [2.75, 3.05) is 0 Å². The van der Waals surface area contributed by atoms with Gasteiger partial charge in [-0.15, -0.1) is 19.8 Å². The topological polar surface area (TPSA) is 9.23 Å². The van der Waals surface area contributed by atoms with Crippen molar-refractivity contribution in [3.8, 4) is 5.75 Å². The van der Waals surface area contributed by atoms with Crippen LogP contribution in [-0.4, -0.2) is 6.36 Å². The maximum absolute atomic E-state index is 13.7. The third-order valence-corrected chi connectivity index (χ3v) is 4.06. The summed E-state index contributed by atoms with van der Waals surface area (Å²) in [6.07, 6.45) is 1.00. The van der Waals surface area contributed by atoms with Crippen molar-refractivity contribution in [2.24, 2.45) is 5.92 Å². The molecule has 1 aliphatic carbocycles. The molecule has 0 heterocycles. The molecule has 1 aliphatic rings. The highest BCUT2D eigenvalue weighted by Crippen LogP contribution is 2.39. The van der Waals surface area contributed by atoms with Gasteiger partial charge in [-0.25, -0.2) is 8.78 Å². The van der Waals surface area contributed by atoms with Gasteiger partial charge in [0.05, 0.1) is 0 Å². The summed E-state index contributed by atoms with van der Waals surface area (Å²) in [5, 5.41) is 0. The fourth-order valence-electron chi connectivity index (χ4n) is 3.00. The molecule has 1 fully saturated rings. The first kappa shape index (κ1) is 16.8. The minimum absolute atomic E-state index is 0.0370. The van der Waals surface area contributed by atoms with Crippen LogP contribution in [0.4, 0.5) is 22.0 Å². The lowest BCUT2D eigenvalue weighted by molar-refractivity contribution is -0.276. The van der Waals surface area contributed by atoms with E-state index >= 15 is 0 Å². The minimum atomic E-state index is -5.12. The molecule has 0 atom stereocenters. The Morgan fingerprint density at radius 2 is 1.64 bits per heavy atom. The number of alkyl halides is 3. The van der Waals surface area contributed by atoms with Crippen LogP contribution in [-0.2, 0) is 0 Å². The highest BCUT2D eigenvalue weighted by molar-refractivity contribution is 5.33. The summed E-state index contributed by atoms with van der Waals surface area (Å²) < 4.78 is 67.1. The molecule has 0 aromatic heterocycles. The van der Waals surface area contributed by atoms with Crippen molar-refractivity contribution in [3.05, 3.63) is 42.0 Å². The van der Waals surface area contributed by atoms with Gasteiger partial charge >= 0.3 is 6.36 Å². The predicted octanol–water partition coefficient (Wildman–Crippen LogP) is 5.71. The standard InChI is InChI=1S/C16H17F5O/c1-2-3-10-4-6-11(7-5-10)12-8-13(17)15(14(18)9-12)22-16(19,20)21/h2,8-11H,1,3-7H2/t10-,11-. The van der Waals surface area contributed by atoms with E-state index in [0.717, 1.165) is 44.2 Å². The third kappa shape index (κ3) is 4.21. The number of benzene rings is 1. The Morgan fingerprint density at radius 1 is 1.09 bits per heavy atom. The molecule has 1 saturated carbocycles. The molecule has 0 unspecified atom stereocenters. The van der Waals surface area contributed by atoms with Crippen molar-refractivity contribution >= 4 is 0 Å². The molecule has 0 amide bonds. The number of hydrogen-bond donors (Lipinski definition) is 0. The number of rotatable bonds is 4. The number of ether oxygens (including phenoxy) is 1. The van der Waals surface area contributed by atoms with E-state index in [0.29, 0.717) is 11.5 Å². The lowest BCUT2D eigenvalue weighted by atomic mass is 9.77. The maximum Gasteiger partial charge on any atom is 0.573 e. The van der Waals surface area contributed by atoms with Crippen LogP contribution in [0.2, 0.25) is 0 Å². The van der Waals surface area contributed by atoms with Crippen LogP contribution in [0.25, 0.3) is 0 Å². The van der Waals surface area contributed by atoms with E-state index in [4.69, 9.17) is 0 Å². The van der Waals surface area contributed by atoms with Gasteiger partial charge in [-0.05, 0) is 61.6 Å². The average molecular weight is 320 g/mol. The molecule has 0 bridgehead atoms. The summed E-state index contributed by atoms with van der Waals surface area (Å²) in [5.41, 5.74) is 0.390. The maximum atomic E-state index is 13.7. The second-order valence-electron chi connectivity index (χ2n) is 5.60. The van der Waals surface area contributed by atoms with Gasteiger partial charge in [-0.2, -0.15) is 0 Å². The molecule has 0 radical (unpaired) electrons. The Labute approximate surface area is 125 Å². The smallest absolute Gasteiger partial charge is 0.399 e. The minimum Gasteiger partial charge on any atom is -0.399 e. The molecular weight excluding hydrogens is 303 g/mol. The SMILES string of the molecule is C=CC[C@H]1CC[C@H](c2cc(F)c(OC(F)(F)F)c(F)c2)CC1. The van der Waals surface area contributed by atoms with E-state index in [-0.39, 0.29) is 5.92 Å². The summed E-state index contributed by atoms with van der Waals surface area (Å²) in [7, 11) is 0. The van der Waals surface area contributed by atoms with Crippen LogP contribution < -0.4 is 4.74 Å². The highest BCUT2D eigenvalue weighted by atomic mass is 19.4. The van der Waals surface area contributed by atoms with Crippen molar-refractivity contribution in [2.45, 2.75) is 44.4 Å². The molecule has 0 saturated heterocycles. The molecule has 0 N–H and O–H groups in total. The molecule has 22 heavy (non-hydrogen) atoms. The van der Waals surface area contributed by atoms with E-state index in [1.807, 2.05) is 6.08 Å². The van der Waals surface area contributed by atoms with Gasteiger partial charge in [0.1, 0.15) is 0 Å². The van der Waals surface area contributed by atoms with E-state index in [9.17, 15) is 22.0 Å². The van der Waals surface area contributed by atoms with Crippen molar-refractivity contribution in [3.63, 3.8) is 0 Å². The van der Waals surface area contributed by atoms with Gasteiger partial charge in [-0.3, -0.25) is 0 Å². The predicted molar refractivity (Wildman–Crippen MR) is 72.6 cm³/mol. The molecule has 1 aromatic carbocycles. The Bertz CT molecular complexity index is 507. The quantitative estimate of drug-likeness (QED) is 0.510. The van der Waals surface area contributed by atoms with Crippen molar-refractivity contribution in [1.82, 2.24) is 0 Å². The third-order valence-electron chi connectivity index (χ3n) is 4.06. The Balaban J connectivity index is 2.12. The highest BCUT2D eigenvalue weighted by Gasteiger charge is 2.34. The Morgan fingerprint density at radius 3 is 2.09 bits per heavy atom. The molecule has 0 aliphatic heterocycles. The van der Waals surface area contributed by atoms with Crippen LogP contribution in [0.15, 0.2) is 24.8 Å². The Kier molecular flexibility index (Phi) is 5.08. The zero-order chi connectivity index (χ0) is 16.3. The van der Waals surface area contributed by atoms with E-state index in [1.165, 1.54) is 0 Å². The van der Waals surface area contributed by atoms with E-state index < -0.39 is 23.7 Å². The van der Waals surface area contributed by atoms with Crippen LogP contribution in [0.3, 0.4) is 0 Å². The summed E-state index contributed by atoms with van der Waals surface area (Å²) in [5.74, 6) is -3.54. The fraction of sp³-hybridized carbons (Fsp3) is 0.500. The number of halogens is 5. The van der Waals surface area contributed by atoms with Crippen LogP contribution in [0.1, 0.15) is 43.6 Å². The van der Waals surface area contributed by atoms with Gasteiger partial charge in [0.25, 0.3) is 0 Å². The van der Waals surface area contributed by atoms with Gasteiger partial charge in [0, 0.05) is 0 Å². The molecule has 2 rings (SSSR count). The molecular formula is C16H17F5O. The monoisotopic (exact) mass is 320 g/mol. The average Bonchev–Trinajstić information content (AvgIpc) is 2.43. The Hall–Kier alpha value is -1.59. The van der Waals surface area contributed by atoms with Gasteiger partial charge in [-0.1, -0.05) is 6.08 Å². The van der Waals surface area contributed by atoms with Gasteiger partial charge < -0.3 is 4.74 Å². The lowest BCUT2D eigenvalue weighted by Crippen LogP contribution is -2.19. The first-order valence-corrected chi connectivity index (χ1v) is 7.15. The molecule has 1 aromatic rings. The van der Waals surface area contributed by atoms with Gasteiger partial charge in [0.2, 0.25) is 5.75 Å². The zero-order valence-electron chi connectivity index (χ0n) is 11.9. The number of allylic oxidation sites excluding steroid dienone is 1. The van der Waals surface area contributed by atoms with E-state index in [2.05, 4.69) is 11.3 Å². The molecule has 0 spiro atoms. The molecule has 122 valence electrons. The zero-order valence-corrected chi connectivity index (χ0v) is 11.9. The molecule has 1 nitrogen and oxygen atoms in total. The first-order valence-electron chi connectivity index (χ1n) is 7.15. The fourth-order valence-corrected chi connectivity index (χ4v) is 3.00.